The number of hydrogen-bond donors (Lipinski definition) is 2. The van der Waals surface area contributed by atoms with E-state index in [-0.39, 0.29) is 15.6 Å². The van der Waals surface area contributed by atoms with E-state index in [9.17, 15) is 13.2 Å². The summed E-state index contributed by atoms with van der Waals surface area (Å²) in [5.74, 6) is -1.18. The summed E-state index contributed by atoms with van der Waals surface area (Å²) in [6.07, 6.45) is 2.55. The Morgan fingerprint density at radius 1 is 1.58 bits per heavy atom. The van der Waals surface area contributed by atoms with Crippen LogP contribution < -0.4 is 4.72 Å². The van der Waals surface area contributed by atoms with Crippen molar-refractivity contribution in [2.24, 2.45) is 0 Å². The van der Waals surface area contributed by atoms with Gasteiger partial charge in [0.1, 0.15) is 15.6 Å². The van der Waals surface area contributed by atoms with Crippen molar-refractivity contribution in [3.63, 3.8) is 0 Å². The second-order valence-electron chi connectivity index (χ2n) is 3.54. The lowest BCUT2D eigenvalue weighted by Crippen LogP contribution is -2.11. The van der Waals surface area contributed by atoms with Crippen LogP contribution in [0.3, 0.4) is 0 Å². The molecule has 0 spiro atoms. The zero-order chi connectivity index (χ0) is 14.0. The number of hydrogen-bond acceptors (Lipinski definition) is 6. The summed E-state index contributed by atoms with van der Waals surface area (Å²) in [4.78, 5) is 10.9. The number of carbonyl (C=O) groups is 1. The van der Waals surface area contributed by atoms with Gasteiger partial charge in [0, 0.05) is 24.3 Å². The van der Waals surface area contributed by atoms with Crippen molar-refractivity contribution in [1.82, 2.24) is 14.2 Å². The molecule has 8 nitrogen and oxygen atoms in total. The molecule has 0 fully saturated rings. The van der Waals surface area contributed by atoms with Crippen molar-refractivity contribution in [3.8, 4) is 0 Å². The monoisotopic (exact) mass is 302 g/mol. The Balaban J connectivity index is 2.38. The molecule has 2 heterocycles. The van der Waals surface area contributed by atoms with Crippen molar-refractivity contribution < 1.29 is 18.3 Å². The van der Waals surface area contributed by atoms with Crippen LogP contribution >= 0.6 is 11.5 Å². The summed E-state index contributed by atoms with van der Waals surface area (Å²) in [7, 11) is -3.83. The van der Waals surface area contributed by atoms with Gasteiger partial charge in [-0.3, -0.25) is 4.72 Å². The van der Waals surface area contributed by atoms with Crippen LogP contribution in [0.2, 0.25) is 0 Å². The van der Waals surface area contributed by atoms with E-state index in [4.69, 9.17) is 5.11 Å². The van der Waals surface area contributed by atoms with Gasteiger partial charge in [0.05, 0.1) is 6.20 Å². The Bertz CT molecular complexity index is 690. The minimum absolute atomic E-state index is 0.0784. The summed E-state index contributed by atoms with van der Waals surface area (Å²) in [6, 6.07) is 1.11. The number of rotatable bonds is 5. The van der Waals surface area contributed by atoms with Crippen molar-refractivity contribution in [3.05, 3.63) is 24.2 Å². The normalized spacial score (nSPS) is 11.4. The van der Waals surface area contributed by atoms with E-state index in [0.717, 1.165) is 17.6 Å². The van der Waals surface area contributed by atoms with Gasteiger partial charge in [-0.25, -0.2) is 13.2 Å². The SMILES string of the molecule is CCn1cc(S(=O)(=O)Nc2cnns2)cc1C(=O)O. The predicted molar refractivity (Wildman–Crippen MR) is 67.8 cm³/mol. The average Bonchev–Trinajstić information content (AvgIpc) is 2.95. The summed E-state index contributed by atoms with van der Waals surface area (Å²) in [5, 5.41) is 12.8. The number of nitrogens with one attached hydrogen (secondary N) is 1. The van der Waals surface area contributed by atoms with Gasteiger partial charge < -0.3 is 9.67 Å². The minimum Gasteiger partial charge on any atom is -0.477 e. The molecule has 0 aliphatic rings. The number of anilines is 1. The van der Waals surface area contributed by atoms with Crippen LogP contribution in [0, 0.1) is 0 Å². The topological polar surface area (TPSA) is 114 Å². The first-order chi connectivity index (χ1) is 8.94. The van der Waals surface area contributed by atoms with Gasteiger partial charge in [-0.2, -0.15) is 0 Å². The number of aromatic carboxylic acids is 1. The van der Waals surface area contributed by atoms with E-state index in [1.54, 1.807) is 6.92 Å². The van der Waals surface area contributed by atoms with Crippen molar-refractivity contribution in [1.29, 1.82) is 0 Å². The van der Waals surface area contributed by atoms with E-state index >= 15 is 0 Å². The average molecular weight is 302 g/mol. The molecule has 2 rings (SSSR count). The van der Waals surface area contributed by atoms with Gasteiger partial charge in [-0.1, -0.05) is 4.49 Å². The van der Waals surface area contributed by atoms with Crippen LogP contribution in [0.4, 0.5) is 5.00 Å². The van der Waals surface area contributed by atoms with Crippen molar-refractivity contribution >= 4 is 32.5 Å². The van der Waals surface area contributed by atoms with Gasteiger partial charge in [0.25, 0.3) is 10.0 Å². The molecule has 0 saturated heterocycles. The van der Waals surface area contributed by atoms with E-state index < -0.39 is 16.0 Å². The molecule has 0 radical (unpaired) electrons. The molecule has 10 heteroatoms. The fourth-order valence-electron chi connectivity index (χ4n) is 1.47. The second kappa shape index (κ2) is 4.97. The number of sulfonamides is 1. The van der Waals surface area contributed by atoms with Crippen molar-refractivity contribution in [2.45, 2.75) is 18.4 Å². The van der Waals surface area contributed by atoms with Crippen LogP contribution in [0.15, 0.2) is 23.4 Å². The molecule has 2 aromatic heterocycles. The first-order valence-corrected chi connectivity index (χ1v) is 7.43. The minimum atomic E-state index is -3.83. The molecule has 102 valence electrons. The van der Waals surface area contributed by atoms with Crippen LogP contribution in [0.1, 0.15) is 17.4 Å². The van der Waals surface area contributed by atoms with Gasteiger partial charge >= 0.3 is 5.97 Å². The number of carboxylic acids is 1. The second-order valence-corrected chi connectivity index (χ2v) is 6.01. The molecule has 0 bridgehead atoms. The van der Waals surface area contributed by atoms with Crippen LogP contribution in [0.25, 0.3) is 0 Å². The molecule has 0 aliphatic heterocycles. The Morgan fingerprint density at radius 3 is 2.79 bits per heavy atom. The summed E-state index contributed by atoms with van der Waals surface area (Å²) in [5.41, 5.74) is -0.0784. The third kappa shape index (κ3) is 2.74. The molecular formula is C9H10N4O4S2. The maximum Gasteiger partial charge on any atom is 0.352 e. The van der Waals surface area contributed by atoms with Gasteiger partial charge in [0.15, 0.2) is 0 Å². The molecule has 0 atom stereocenters. The third-order valence-corrected chi connectivity index (χ3v) is 4.38. The molecule has 0 aliphatic carbocycles. The van der Waals surface area contributed by atoms with E-state index in [2.05, 4.69) is 14.3 Å². The lowest BCUT2D eigenvalue weighted by molar-refractivity contribution is 0.0685. The highest BCUT2D eigenvalue weighted by atomic mass is 32.2. The van der Waals surface area contributed by atoms with Crippen LogP contribution in [-0.2, 0) is 16.6 Å². The summed E-state index contributed by atoms with van der Waals surface area (Å²) in [6.45, 7) is 2.09. The smallest absolute Gasteiger partial charge is 0.352 e. The molecule has 19 heavy (non-hydrogen) atoms. The van der Waals surface area contributed by atoms with E-state index in [1.807, 2.05) is 0 Å². The Labute approximate surface area is 112 Å². The van der Waals surface area contributed by atoms with Crippen LogP contribution in [0.5, 0.6) is 0 Å². The number of aryl methyl sites for hydroxylation is 1. The molecule has 2 aromatic rings. The number of nitrogens with zero attached hydrogens (tertiary/aromatic N) is 3. The first-order valence-electron chi connectivity index (χ1n) is 5.17. The number of carboxylic acid groups (broad SMARTS) is 1. The molecule has 2 N–H and O–H groups in total. The summed E-state index contributed by atoms with van der Waals surface area (Å²) < 4.78 is 31.2. The highest BCUT2D eigenvalue weighted by molar-refractivity contribution is 7.93. The molecular weight excluding hydrogens is 292 g/mol. The first kappa shape index (κ1) is 13.5. The van der Waals surface area contributed by atoms with Gasteiger partial charge in [0.2, 0.25) is 0 Å². The zero-order valence-electron chi connectivity index (χ0n) is 9.77. The lowest BCUT2D eigenvalue weighted by atomic mass is 10.4. The Morgan fingerprint density at radius 2 is 2.32 bits per heavy atom. The Kier molecular flexibility index (Phi) is 3.53. The highest BCUT2D eigenvalue weighted by Crippen LogP contribution is 2.20. The van der Waals surface area contributed by atoms with E-state index in [0.29, 0.717) is 6.54 Å². The zero-order valence-corrected chi connectivity index (χ0v) is 11.4. The standard InChI is InChI=1S/C9H10N4O4S2/c1-2-13-5-6(3-7(13)9(14)15)19(16,17)11-8-4-10-12-18-8/h3-5,11H,2H2,1H3,(H,14,15). The van der Waals surface area contributed by atoms with Gasteiger partial charge in [-0.05, 0) is 13.0 Å². The predicted octanol–water partition coefficient (Wildman–Crippen LogP) is 0.859. The van der Waals surface area contributed by atoms with E-state index in [1.165, 1.54) is 17.0 Å². The Hall–Kier alpha value is -1.94. The van der Waals surface area contributed by atoms with Crippen molar-refractivity contribution in [2.75, 3.05) is 4.72 Å². The summed E-state index contributed by atoms with van der Waals surface area (Å²) >= 11 is 0.893. The highest BCUT2D eigenvalue weighted by Gasteiger charge is 2.21. The quantitative estimate of drug-likeness (QED) is 0.846. The van der Waals surface area contributed by atoms with Gasteiger partial charge in [-0.15, -0.1) is 5.10 Å². The fourth-order valence-corrected chi connectivity index (χ4v) is 3.20. The number of aromatic nitrogens is 3. The third-order valence-electron chi connectivity index (χ3n) is 2.34. The molecule has 0 amide bonds. The maximum absolute atomic E-state index is 12.0. The molecule has 0 saturated carbocycles. The maximum atomic E-state index is 12.0. The molecule has 0 aromatic carbocycles. The lowest BCUT2D eigenvalue weighted by Gasteiger charge is -2.01. The molecule has 0 unspecified atom stereocenters. The fraction of sp³-hybridized carbons (Fsp3) is 0.222. The largest absolute Gasteiger partial charge is 0.477 e. The van der Waals surface area contributed by atoms with Crippen LogP contribution in [-0.4, -0.2) is 33.6 Å².